The number of aliphatic hydroxyl groups is 1. The summed E-state index contributed by atoms with van der Waals surface area (Å²) in [5.41, 5.74) is 0.215. The Labute approximate surface area is 108 Å². The highest BCUT2D eigenvalue weighted by atomic mass is 16.3. The van der Waals surface area contributed by atoms with Crippen molar-refractivity contribution in [3.8, 4) is 5.75 Å². The van der Waals surface area contributed by atoms with E-state index in [2.05, 4.69) is 0 Å². The quantitative estimate of drug-likeness (QED) is 0.859. The highest BCUT2D eigenvalue weighted by Crippen LogP contribution is 2.21. The molecule has 0 bridgehead atoms. The van der Waals surface area contributed by atoms with Crippen LogP contribution in [0, 0.1) is 6.92 Å². The van der Waals surface area contributed by atoms with Gasteiger partial charge in [0.25, 0.3) is 5.91 Å². The second-order valence-electron chi connectivity index (χ2n) is 5.15. The molecule has 1 aromatic rings. The molecule has 0 spiro atoms. The molecule has 4 heteroatoms. The van der Waals surface area contributed by atoms with Crippen LogP contribution in [-0.2, 0) is 0 Å². The van der Waals surface area contributed by atoms with Crippen molar-refractivity contribution in [1.82, 2.24) is 4.90 Å². The minimum Gasteiger partial charge on any atom is -0.507 e. The molecule has 4 nitrogen and oxygen atoms in total. The van der Waals surface area contributed by atoms with Gasteiger partial charge in [0, 0.05) is 13.1 Å². The van der Waals surface area contributed by atoms with Crippen molar-refractivity contribution in [2.24, 2.45) is 0 Å². The first-order chi connectivity index (χ1) is 8.24. The summed E-state index contributed by atoms with van der Waals surface area (Å²) >= 11 is 0. The lowest BCUT2D eigenvalue weighted by Gasteiger charge is -2.28. The maximum Gasteiger partial charge on any atom is 0.257 e. The predicted molar refractivity (Wildman–Crippen MR) is 70.7 cm³/mol. The van der Waals surface area contributed by atoms with Crippen LogP contribution in [0.3, 0.4) is 0 Å². The van der Waals surface area contributed by atoms with Crippen molar-refractivity contribution in [2.75, 3.05) is 13.1 Å². The van der Waals surface area contributed by atoms with Gasteiger partial charge in [-0.2, -0.15) is 0 Å². The van der Waals surface area contributed by atoms with Crippen molar-refractivity contribution in [3.63, 3.8) is 0 Å². The zero-order valence-electron chi connectivity index (χ0n) is 11.4. The summed E-state index contributed by atoms with van der Waals surface area (Å²) in [5.74, 6) is -0.286. The molecule has 1 aromatic carbocycles. The van der Waals surface area contributed by atoms with Crippen molar-refractivity contribution in [2.45, 2.75) is 33.3 Å². The van der Waals surface area contributed by atoms with E-state index in [0.717, 1.165) is 5.56 Å². The normalized spacial score (nSPS) is 11.4. The molecule has 0 aliphatic heterocycles. The molecule has 1 amide bonds. The summed E-state index contributed by atoms with van der Waals surface area (Å²) in [6.45, 7) is 7.71. The van der Waals surface area contributed by atoms with Gasteiger partial charge in [-0.25, -0.2) is 0 Å². The molecule has 0 fully saturated rings. The summed E-state index contributed by atoms with van der Waals surface area (Å²) in [7, 11) is 0. The van der Waals surface area contributed by atoms with Gasteiger partial charge < -0.3 is 15.1 Å². The van der Waals surface area contributed by atoms with Gasteiger partial charge >= 0.3 is 0 Å². The molecule has 1 rings (SSSR count). The van der Waals surface area contributed by atoms with E-state index in [0.29, 0.717) is 6.54 Å². The Hall–Kier alpha value is -1.55. The molecule has 0 aliphatic rings. The summed E-state index contributed by atoms with van der Waals surface area (Å²) in [5, 5.41) is 19.6. The van der Waals surface area contributed by atoms with E-state index in [1.807, 2.05) is 13.8 Å². The summed E-state index contributed by atoms with van der Waals surface area (Å²) in [4.78, 5) is 13.8. The van der Waals surface area contributed by atoms with E-state index >= 15 is 0 Å². The van der Waals surface area contributed by atoms with Crippen LogP contribution in [0.25, 0.3) is 0 Å². The molecule has 100 valence electrons. The number of phenolic OH excluding ortho intramolecular Hbond substituents is 1. The molecule has 0 unspecified atom stereocenters. The molecule has 0 radical (unpaired) electrons. The molecule has 0 heterocycles. The van der Waals surface area contributed by atoms with Crippen LogP contribution < -0.4 is 0 Å². The summed E-state index contributed by atoms with van der Waals surface area (Å²) in [6, 6.07) is 4.95. The van der Waals surface area contributed by atoms with Crippen LogP contribution >= 0.6 is 0 Å². The molecule has 2 N–H and O–H groups in total. The Bertz CT molecular complexity index is 435. The standard InChI is InChI=1S/C14H21NO3/c1-5-15(9-14(3,4)18)13(17)11-7-6-10(2)8-12(11)16/h6-8,16,18H,5,9H2,1-4H3. The van der Waals surface area contributed by atoms with Gasteiger partial charge in [-0.05, 0) is 45.4 Å². The Balaban J connectivity index is 2.97. The van der Waals surface area contributed by atoms with Crippen LogP contribution in [0.5, 0.6) is 5.75 Å². The van der Waals surface area contributed by atoms with E-state index < -0.39 is 5.60 Å². The fourth-order valence-corrected chi connectivity index (χ4v) is 1.79. The highest BCUT2D eigenvalue weighted by molar-refractivity contribution is 5.96. The third kappa shape index (κ3) is 3.74. The first-order valence-corrected chi connectivity index (χ1v) is 6.06. The first kappa shape index (κ1) is 14.5. The third-order valence-electron chi connectivity index (χ3n) is 2.63. The smallest absolute Gasteiger partial charge is 0.257 e. The molecular weight excluding hydrogens is 230 g/mol. The van der Waals surface area contributed by atoms with Gasteiger partial charge in [-0.3, -0.25) is 4.79 Å². The highest BCUT2D eigenvalue weighted by Gasteiger charge is 2.23. The van der Waals surface area contributed by atoms with Crippen LogP contribution in [-0.4, -0.2) is 39.7 Å². The number of rotatable bonds is 4. The number of aromatic hydroxyl groups is 1. The Morgan fingerprint density at radius 2 is 2.00 bits per heavy atom. The van der Waals surface area contributed by atoms with E-state index in [4.69, 9.17) is 0 Å². The molecule has 0 aromatic heterocycles. The van der Waals surface area contributed by atoms with Crippen molar-refractivity contribution in [3.05, 3.63) is 29.3 Å². The molecule has 0 saturated heterocycles. The summed E-state index contributed by atoms with van der Waals surface area (Å²) in [6.07, 6.45) is 0. The van der Waals surface area contributed by atoms with Crippen LogP contribution in [0.2, 0.25) is 0 Å². The number of hydrogen-bond donors (Lipinski definition) is 2. The molecule has 0 aliphatic carbocycles. The monoisotopic (exact) mass is 251 g/mol. The van der Waals surface area contributed by atoms with Gasteiger partial charge in [0.1, 0.15) is 5.75 Å². The number of aryl methyl sites for hydroxylation is 1. The van der Waals surface area contributed by atoms with Gasteiger partial charge in [-0.1, -0.05) is 6.07 Å². The molecular formula is C14H21NO3. The van der Waals surface area contributed by atoms with Crippen LogP contribution in [0.15, 0.2) is 18.2 Å². The number of phenols is 1. The Kier molecular flexibility index (Phi) is 4.35. The van der Waals surface area contributed by atoms with Crippen molar-refractivity contribution in [1.29, 1.82) is 0 Å². The second-order valence-corrected chi connectivity index (χ2v) is 5.15. The van der Waals surface area contributed by atoms with Crippen molar-refractivity contribution < 1.29 is 15.0 Å². The van der Waals surface area contributed by atoms with E-state index in [1.54, 1.807) is 32.0 Å². The van der Waals surface area contributed by atoms with Gasteiger partial charge in [0.15, 0.2) is 0 Å². The minimum absolute atomic E-state index is 0.0193. The van der Waals surface area contributed by atoms with E-state index in [9.17, 15) is 15.0 Å². The van der Waals surface area contributed by atoms with Gasteiger partial charge in [0.2, 0.25) is 0 Å². The predicted octanol–water partition coefficient (Wildman–Crippen LogP) is 1.93. The second kappa shape index (κ2) is 5.40. The lowest BCUT2D eigenvalue weighted by molar-refractivity contribution is 0.0313. The number of benzene rings is 1. The largest absolute Gasteiger partial charge is 0.507 e. The average molecular weight is 251 g/mol. The maximum atomic E-state index is 12.2. The van der Waals surface area contributed by atoms with Crippen molar-refractivity contribution >= 4 is 5.91 Å². The number of carbonyl (C=O) groups excluding carboxylic acids is 1. The summed E-state index contributed by atoms with van der Waals surface area (Å²) < 4.78 is 0. The lowest BCUT2D eigenvalue weighted by atomic mass is 10.1. The maximum absolute atomic E-state index is 12.2. The minimum atomic E-state index is -0.952. The van der Waals surface area contributed by atoms with Gasteiger partial charge in [-0.15, -0.1) is 0 Å². The lowest BCUT2D eigenvalue weighted by Crippen LogP contribution is -2.42. The fourth-order valence-electron chi connectivity index (χ4n) is 1.79. The average Bonchev–Trinajstić information content (AvgIpc) is 2.24. The number of likely N-dealkylation sites (N-methyl/N-ethyl adjacent to an activating group) is 1. The van der Waals surface area contributed by atoms with Crippen LogP contribution in [0.4, 0.5) is 0 Å². The number of hydrogen-bond acceptors (Lipinski definition) is 3. The van der Waals surface area contributed by atoms with E-state index in [-0.39, 0.29) is 23.8 Å². The molecule has 18 heavy (non-hydrogen) atoms. The number of nitrogens with zero attached hydrogens (tertiary/aromatic N) is 1. The number of carbonyl (C=O) groups is 1. The zero-order chi connectivity index (χ0) is 13.9. The van der Waals surface area contributed by atoms with E-state index in [1.165, 1.54) is 4.90 Å². The first-order valence-electron chi connectivity index (χ1n) is 6.06. The zero-order valence-corrected chi connectivity index (χ0v) is 11.4. The van der Waals surface area contributed by atoms with Crippen LogP contribution in [0.1, 0.15) is 36.7 Å². The number of amides is 1. The SMILES string of the molecule is CCN(CC(C)(C)O)C(=O)c1ccc(C)cc1O. The fraction of sp³-hybridized carbons (Fsp3) is 0.500. The van der Waals surface area contributed by atoms with Gasteiger partial charge in [0.05, 0.1) is 11.2 Å². The topological polar surface area (TPSA) is 60.8 Å². The molecule has 0 atom stereocenters. The Morgan fingerprint density at radius 3 is 2.44 bits per heavy atom. The molecule has 0 saturated carbocycles. The third-order valence-corrected chi connectivity index (χ3v) is 2.63. The Morgan fingerprint density at radius 1 is 1.39 bits per heavy atom.